The van der Waals surface area contributed by atoms with Crippen LogP contribution in [0.3, 0.4) is 0 Å². The minimum atomic E-state index is -0.566. The molecule has 0 saturated heterocycles. The summed E-state index contributed by atoms with van der Waals surface area (Å²) in [6.07, 6.45) is 3.84. The van der Waals surface area contributed by atoms with Gasteiger partial charge in [-0.1, -0.05) is 18.2 Å². The van der Waals surface area contributed by atoms with Crippen molar-refractivity contribution >= 4 is 0 Å². The van der Waals surface area contributed by atoms with Crippen molar-refractivity contribution in [2.75, 3.05) is 0 Å². The SMILES string of the molecule is CC(C#N)Cc1cc(Cn2cncn2)cc(C(C)(C)C#N)c1. The molecular weight excluding hydrogens is 274 g/mol. The molecule has 0 bridgehead atoms. The maximum Gasteiger partial charge on any atom is 0.137 e. The van der Waals surface area contributed by atoms with Gasteiger partial charge in [0, 0.05) is 5.92 Å². The largest absolute Gasteiger partial charge is 0.249 e. The normalized spacial score (nSPS) is 12.4. The van der Waals surface area contributed by atoms with Gasteiger partial charge in [-0.3, -0.25) is 0 Å². The number of aromatic nitrogens is 3. The highest BCUT2D eigenvalue weighted by atomic mass is 15.3. The van der Waals surface area contributed by atoms with Gasteiger partial charge in [0.05, 0.1) is 24.1 Å². The molecular formula is C17H19N5. The monoisotopic (exact) mass is 293 g/mol. The third-order valence-electron chi connectivity index (χ3n) is 3.63. The molecule has 2 rings (SSSR count). The van der Waals surface area contributed by atoms with Gasteiger partial charge in [-0.15, -0.1) is 0 Å². The highest BCUT2D eigenvalue weighted by molar-refractivity contribution is 5.38. The molecule has 2 aromatic rings. The Morgan fingerprint density at radius 3 is 2.55 bits per heavy atom. The minimum Gasteiger partial charge on any atom is -0.249 e. The first kappa shape index (κ1) is 15.7. The van der Waals surface area contributed by atoms with Crippen molar-refractivity contribution in [1.82, 2.24) is 14.8 Å². The molecule has 5 heteroatoms. The fourth-order valence-electron chi connectivity index (χ4n) is 2.30. The zero-order chi connectivity index (χ0) is 16.2. The predicted octanol–water partition coefficient (Wildman–Crippen LogP) is 2.83. The Balaban J connectivity index is 2.40. The minimum absolute atomic E-state index is 0.0559. The van der Waals surface area contributed by atoms with Crippen molar-refractivity contribution < 1.29 is 0 Å². The Bertz CT molecular complexity index is 716. The third kappa shape index (κ3) is 3.71. The second-order valence-corrected chi connectivity index (χ2v) is 6.10. The van der Waals surface area contributed by atoms with E-state index in [2.05, 4.69) is 28.3 Å². The lowest BCUT2D eigenvalue weighted by atomic mass is 9.83. The van der Waals surface area contributed by atoms with E-state index in [0.29, 0.717) is 13.0 Å². The van der Waals surface area contributed by atoms with E-state index < -0.39 is 5.41 Å². The van der Waals surface area contributed by atoms with Crippen LogP contribution in [0, 0.1) is 28.6 Å². The van der Waals surface area contributed by atoms with Gasteiger partial charge in [-0.25, -0.2) is 9.67 Å². The summed E-state index contributed by atoms with van der Waals surface area (Å²) in [4.78, 5) is 3.95. The van der Waals surface area contributed by atoms with Gasteiger partial charge in [0.1, 0.15) is 12.7 Å². The van der Waals surface area contributed by atoms with Gasteiger partial charge in [0.2, 0.25) is 0 Å². The number of rotatable bonds is 5. The highest BCUT2D eigenvalue weighted by Gasteiger charge is 2.21. The quantitative estimate of drug-likeness (QED) is 0.849. The lowest BCUT2D eigenvalue weighted by molar-refractivity contribution is 0.661. The molecule has 0 aliphatic heterocycles. The topological polar surface area (TPSA) is 78.3 Å². The maximum atomic E-state index is 9.38. The van der Waals surface area contributed by atoms with Crippen molar-refractivity contribution in [3.63, 3.8) is 0 Å². The van der Waals surface area contributed by atoms with E-state index in [9.17, 15) is 5.26 Å². The van der Waals surface area contributed by atoms with E-state index in [1.54, 1.807) is 11.0 Å². The fourth-order valence-corrected chi connectivity index (χ4v) is 2.30. The van der Waals surface area contributed by atoms with Gasteiger partial charge < -0.3 is 0 Å². The van der Waals surface area contributed by atoms with Crippen LogP contribution in [0.1, 0.15) is 37.5 Å². The average molecular weight is 293 g/mol. The molecule has 0 fully saturated rings. The smallest absolute Gasteiger partial charge is 0.137 e. The molecule has 1 aromatic heterocycles. The van der Waals surface area contributed by atoms with E-state index in [0.717, 1.165) is 16.7 Å². The summed E-state index contributed by atoms with van der Waals surface area (Å²) < 4.78 is 1.75. The molecule has 0 saturated carbocycles. The molecule has 5 nitrogen and oxygen atoms in total. The third-order valence-corrected chi connectivity index (χ3v) is 3.63. The molecule has 112 valence electrons. The van der Waals surface area contributed by atoms with Crippen LogP contribution in [-0.2, 0) is 18.4 Å². The standard InChI is InChI=1S/C17H19N5/c1-13(8-18)4-14-5-15(9-22-12-20-11-21-22)7-16(6-14)17(2,3)10-19/h5-7,11-13H,4,9H2,1-3H3. The van der Waals surface area contributed by atoms with Gasteiger partial charge in [-0.05, 0) is 43.9 Å². The Morgan fingerprint density at radius 1 is 1.23 bits per heavy atom. The van der Waals surface area contributed by atoms with Crippen molar-refractivity contribution in [2.24, 2.45) is 5.92 Å². The number of benzene rings is 1. The first-order valence-corrected chi connectivity index (χ1v) is 7.21. The molecule has 1 unspecified atom stereocenters. The molecule has 0 aliphatic rings. The number of nitrogens with zero attached hydrogens (tertiary/aromatic N) is 5. The summed E-state index contributed by atoms with van der Waals surface area (Å²) in [5.74, 6) is -0.0559. The molecule has 22 heavy (non-hydrogen) atoms. The maximum absolute atomic E-state index is 9.38. The zero-order valence-corrected chi connectivity index (χ0v) is 13.1. The Hall–Kier alpha value is -2.66. The van der Waals surface area contributed by atoms with Crippen LogP contribution >= 0.6 is 0 Å². The molecule has 0 N–H and O–H groups in total. The van der Waals surface area contributed by atoms with Crippen molar-refractivity contribution in [2.45, 2.75) is 39.2 Å². The number of hydrogen-bond acceptors (Lipinski definition) is 4. The van der Waals surface area contributed by atoms with Crippen molar-refractivity contribution in [1.29, 1.82) is 10.5 Å². The Labute approximate surface area is 130 Å². The number of hydrogen-bond donors (Lipinski definition) is 0. The van der Waals surface area contributed by atoms with Gasteiger partial charge in [-0.2, -0.15) is 15.6 Å². The molecule has 1 heterocycles. The molecule has 1 atom stereocenters. The second-order valence-electron chi connectivity index (χ2n) is 6.10. The second kappa shape index (κ2) is 6.41. The average Bonchev–Trinajstić information content (AvgIpc) is 2.99. The summed E-state index contributed by atoms with van der Waals surface area (Å²) in [6, 6.07) is 10.7. The summed E-state index contributed by atoms with van der Waals surface area (Å²) in [5, 5.41) is 22.5. The summed E-state index contributed by atoms with van der Waals surface area (Å²) in [7, 11) is 0. The Morgan fingerprint density at radius 2 is 1.95 bits per heavy atom. The van der Waals surface area contributed by atoms with Crippen LogP contribution in [0.4, 0.5) is 0 Å². The summed E-state index contributed by atoms with van der Waals surface area (Å²) >= 11 is 0. The molecule has 0 radical (unpaired) electrons. The van der Waals surface area contributed by atoms with Crippen LogP contribution < -0.4 is 0 Å². The van der Waals surface area contributed by atoms with E-state index in [4.69, 9.17) is 5.26 Å². The van der Waals surface area contributed by atoms with E-state index in [1.165, 1.54) is 6.33 Å². The predicted molar refractivity (Wildman–Crippen MR) is 82.7 cm³/mol. The lowest BCUT2D eigenvalue weighted by Crippen LogP contribution is -2.15. The zero-order valence-electron chi connectivity index (χ0n) is 13.1. The van der Waals surface area contributed by atoms with Crippen LogP contribution in [0.25, 0.3) is 0 Å². The first-order chi connectivity index (χ1) is 10.4. The van der Waals surface area contributed by atoms with Gasteiger partial charge in [0.25, 0.3) is 0 Å². The van der Waals surface area contributed by atoms with Crippen LogP contribution in [0.15, 0.2) is 30.9 Å². The fraction of sp³-hybridized carbons (Fsp3) is 0.412. The van der Waals surface area contributed by atoms with E-state index in [-0.39, 0.29) is 5.92 Å². The first-order valence-electron chi connectivity index (χ1n) is 7.21. The van der Waals surface area contributed by atoms with Gasteiger partial charge in [0.15, 0.2) is 0 Å². The molecule has 0 aliphatic carbocycles. The van der Waals surface area contributed by atoms with Crippen LogP contribution in [0.2, 0.25) is 0 Å². The summed E-state index contributed by atoms with van der Waals surface area (Å²) in [6.45, 7) is 6.31. The molecule has 1 aromatic carbocycles. The van der Waals surface area contributed by atoms with Crippen molar-refractivity contribution in [3.05, 3.63) is 47.5 Å². The van der Waals surface area contributed by atoms with Gasteiger partial charge >= 0.3 is 0 Å². The van der Waals surface area contributed by atoms with E-state index in [1.807, 2.05) is 32.9 Å². The molecule has 0 spiro atoms. The summed E-state index contributed by atoms with van der Waals surface area (Å²) in [5.41, 5.74) is 2.53. The van der Waals surface area contributed by atoms with Crippen LogP contribution in [0.5, 0.6) is 0 Å². The van der Waals surface area contributed by atoms with Crippen molar-refractivity contribution in [3.8, 4) is 12.1 Å². The lowest BCUT2D eigenvalue weighted by Gasteiger charge is -2.19. The Kier molecular flexibility index (Phi) is 4.58. The van der Waals surface area contributed by atoms with Crippen LogP contribution in [-0.4, -0.2) is 14.8 Å². The number of nitriles is 2. The highest BCUT2D eigenvalue weighted by Crippen LogP contribution is 2.26. The van der Waals surface area contributed by atoms with E-state index >= 15 is 0 Å². The molecule has 0 amide bonds.